The number of nitrogens with zero attached hydrogens (tertiary/aromatic N) is 1. The minimum absolute atomic E-state index is 0.162. The van der Waals surface area contributed by atoms with Crippen LogP contribution in [0.25, 0.3) is 0 Å². The summed E-state index contributed by atoms with van der Waals surface area (Å²) >= 11 is 0. The number of phenols is 1. The van der Waals surface area contributed by atoms with Crippen LogP contribution >= 0.6 is 0 Å². The van der Waals surface area contributed by atoms with Crippen LogP contribution in [0.5, 0.6) is 5.75 Å². The standard InChI is InChI=1S/C11H15NO2/c1-7-11-8(4-3-5-9(11)13)10(14)6-12(7)2/h3-5,7,10,13-14H,6H2,1-2H3. The number of hydrogen-bond donors (Lipinski definition) is 2. The molecule has 0 aliphatic carbocycles. The lowest BCUT2D eigenvalue weighted by Gasteiger charge is -2.35. The van der Waals surface area contributed by atoms with E-state index in [-0.39, 0.29) is 11.8 Å². The van der Waals surface area contributed by atoms with Gasteiger partial charge in [-0.1, -0.05) is 12.1 Å². The molecule has 1 aliphatic heterocycles. The van der Waals surface area contributed by atoms with Gasteiger partial charge in [0.05, 0.1) is 6.10 Å². The van der Waals surface area contributed by atoms with Crippen LogP contribution in [0.15, 0.2) is 18.2 Å². The van der Waals surface area contributed by atoms with Gasteiger partial charge in [0.25, 0.3) is 0 Å². The van der Waals surface area contributed by atoms with Crippen molar-refractivity contribution in [3.63, 3.8) is 0 Å². The summed E-state index contributed by atoms with van der Waals surface area (Å²) in [6, 6.07) is 5.48. The predicted molar refractivity (Wildman–Crippen MR) is 54.1 cm³/mol. The highest BCUT2D eigenvalue weighted by molar-refractivity contribution is 5.44. The first-order valence-corrected chi connectivity index (χ1v) is 4.81. The highest BCUT2D eigenvalue weighted by atomic mass is 16.3. The molecule has 2 atom stereocenters. The fourth-order valence-electron chi connectivity index (χ4n) is 2.07. The summed E-state index contributed by atoms with van der Waals surface area (Å²) < 4.78 is 0. The molecule has 0 saturated carbocycles. The molecule has 3 nitrogen and oxygen atoms in total. The van der Waals surface area contributed by atoms with Gasteiger partial charge < -0.3 is 10.2 Å². The number of aliphatic hydroxyl groups excluding tert-OH is 1. The van der Waals surface area contributed by atoms with Crippen molar-refractivity contribution < 1.29 is 10.2 Å². The number of aliphatic hydroxyl groups is 1. The van der Waals surface area contributed by atoms with E-state index in [0.29, 0.717) is 6.54 Å². The van der Waals surface area contributed by atoms with Crippen LogP contribution in [-0.2, 0) is 0 Å². The van der Waals surface area contributed by atoms with E-state index in [2.05, 4.69) is 0 Å². The van der Waals surface area contributed by atoms with E-state index < -0.39 is 6.10 Å². The van der Waals surface area contributed by atoms with Gasteiger partial charge >= 0.3 is 0 Å². The molecule has 1 aromatic rings. The number of phenolic OH excluding ortho intramolecular Hbond substituents is 1. The van der Waals surface area contributed by atoms with Crippen molar-refractivity contribution >= 4 is 0 Å². The van der Waals surface area contributed by atoms with Crippen LogP contribution in [0.3, 0.4) is 0 Å². The van der Waals surface area contributed by atoms with Crippen molar-refractivity contribution in [3.8, 4) is 5.75 Å². The van der Waals surface area contributed by atoms with Crippen molar-refractivity contribution in [2.45, 2.75) is 19.1 Å². The average molecular weight is 193 g/mol. The summed E-state index contributed by atoms with van der Waals surface area (Å²) in [6.45, 7) is 2.65. The summed E-state index contributed by atoms with van der Waals surface area (Å²) in [6.07, 6.45) is -0.488. The Hall–Kier alpha value is -1.06. The van der Waals surface area contributed by atoms with Crippen LogP contribution in [-0.4, -0.2) is 28.7 Å². The van der Waals surface area contributed by atoms with Gasteiger partial charge in [-0.25, -0.2) is 0 Å². The molecule has 2 rings (SSSR count). The van der Waals surface area contributed by atoms with Gasteiger partial charge in [0.15, 0.2) is 0 Å². The second kappa shape index (κ2) is 3.26. The zero-order valence-electron chi connectivity index (χ0n) is 8.44. The number of aromatic hydroxyl groups is 1. The molecule has 76 valence electrons. The third-order valence-corrected chi connectivity index (χ3v) is 3.02. The van der Waals surface area contributed by atoms with Crippen LogP contribution < -0.4 is 0 Å². The first-order valence-electron chi connectivity index (χ1n) is 4.81. The topological polar surface area (TPSA) is 43.7 Å². The fourth-order valence-corrected chi connectivity index (χ4v) is 2.07. The van der Waals surface area contributed by atoms with Gasteiger partial charge in [-0.15, -0.1) is 0 Å². The van der Waals surface area contributed by atoms with Crippen molar-refractivity contribution in [2.24, 2.45) is 0 Å². The first-order chi connectivity index (χ1) is 6.61. The molecule has 0 saturated heterocycles. The third-order valence-electron chi connectivity index (χ3n) is 3.02. The summed E-state index contributed by atoms with van der Waals surface area (Å²) in [5, 5.41) is 19.5. The fraction of sp³-hybridized carbons (Fsp3) is 0.455. The quantitative estimate of drug-likeness (QED) is 0.655. The molecule has 0 amide bonds. The van der Waals surface area contributed by atoms with E-state index in [4.69, 9.17) is 0 Å². The molecular weight excluding hydrogens is 178 g/mol. The average Bonchev–Trinajstić information content (AvgIpc) is 2.14. The summed E-state index contributed by atoms with van der Waals surface area (Å²) in [5.41, 5.74) is 1.71. The Morgan fingerprint density at radius 2 is 2.14 bits per heavy atom. The Balaban J connectivity index is 2.56. The maximum atomic E-state index is 9.82. The van der Waals surface area contributed by atoms with Gasteiger partial charge in [0.1, 0.15) is 5.75 Å². The lowest BCUT2D eigenvalue weighted by molar-refractivity contribution is 0.0875. The number of β-amino-alcohol motifs (C(OH)–C–C–N with tert-alkyl or cyclic N) is 1. The lowest BCUT2D eigenvalue weighted by atomic mass is 9.91. The van der Waals surface area contributed by atoms with E-state index >= 15 is 0 Å². The number of rotatable bonds is 0. The van der Waals surface area contributed by atoms with Gasteiger partial charge in [-0.3, -0.25) is 4.90 Å². The van der Waals surface area contributed by atoms with Crippen molar-refractivity contribution in [1.29, 1.82) is 0 Å². The second-order valence-corrected chi connectivity index (χ2v) is 3.91. The zero-order chi connectivity index (χ0) is 10.3. The molecule has 0 fully saturated rings. The summed E-state index contributed by atoms with van der Waals surface area (Å²) in [5.74, 6) is 0.278. The van der Waals surface area contributed by atoms with Crippen molar-refractivity contribution in [3.05, 3.63) is 29.3 Å². The minimum atomic E-state index is -0.488. The predicted octanol–water partition coefficient (Wildman–Crippen LogP) is 1.43. The van der Waals surface area contributed by atoms with Crippen LogP contribution in [0.1, 0.15) is 30.2 Å². The number of hydrogen-bond acceptors (Lipinski definition) is 3. The number of fused-ring (bicyclic) bond motifs is 1. The molecule has 0 bridgehead atoms. The monoisotopic (exact) mass is 193 g/mol. The smallest absolute Gasteiger partial charge is 0.120 e. The number of benzene rings is 1. The molecular formula is C11H15NO2. The Bertz CT molecular complexity index is 351. The summed E-state index contributed by atoms with van der Waals surface area (Å²) in [7, 11) is 1.95. The largest absolute Gasteiger partial charge is 0.508 e. The van der Waals surface area contributed by atoms with Crippen LogP contribution in [0.2, 0.25) is 0 Å². The van der Waals surface area contributed by atoms with Crippen molar-refractivity contribution in [1.82, 2.24) is 4.90 Å². The van der Waals surface area contributed by atoms with Crippen molar-refractivity contribution in [2.75, 3.05) is 13.6 Å². The van der Waals surface area contributed by atoms with Gasteiger partial charge in [0.2, 0.25) is 0 Å². The molecule has 0 radical (unpaired) electrons. The van der Waals surface area contributed by atoms with E-state index in [1.54, 1.807) is 12.1 Å². The molecule has 0 spiro atoms. The SMILES string of the molecule is CC1c2c(O)cccc2C(O)CN1C. The molecule has 0 aromatic heterocycles. The lowest BCUT2D eigenvalue weighted by Crippen LogP contribution is -2.33. The number of likely N-dealkylation sites (N-methyl/N-ethyl adjacent to an activating group) is 1. The van der Waals surface area contributed by atoms with Gasteiger partial charge in [0, 0.05) is 18.2 Å². The van der Waals surface area contributed by atoms with Gasteiger partial charge in [-0.2, -0.15) is 0 Å². The van der Waals surface area contributed by atoms with Crippen LogP contribution in [0.4, 0.5) is 0 Å². The normalized spacial score (nSPS) is 27.4. The molecule has 3 heteroatoms. The van der Waals surface area contributed by atoms with Gasteiger partial charge in [-0.05, 0) is 25.6 Å². The molecule has 2 N–H and O–H groups in total. The maximum absolute atomic E-state index is 9.82. The minimum Gasteiger partial charge on any atom is -0.508 e. The Morgan fingerprint density at radius 1 is 1.43 bits per heavy atom. The Kier molecular flexibility index (Phi) is 2.21. The first kappa shape index (κ1) is 9.49. The molecule has 1 heterocycles. The Labute approximate surface area is 83.6 Å². The van der Waals surface area contributed by atoms with E-state index in [1.807, 2.05) is 24.9 Å². The zero-order valence-corrected chi connectivity index (χ0v) is 8.44. The van der Waals surface area contributed by atoms with Crippen LogP contribution in [0, 0.1) is 0 Å². The molecule has 14 heavy (non-hydrogen) atoms. The molecule has 1 aromatic carbocycles. The maximum Gasteiger partial charge on any atom is 0.120 e. The Morgan fingerprint density at radius 3 is 2.86 bits per heavy atom. The highest BCUT2D eigenvalue weighted by Gasteiger charge is 2.28. The molecule has 2 unspecified atom stereocenters. The second-order valence-electron chi connectivity index (χ2n) is 3.91. The summed E-state index contributed by atoms with van der Waals surface area (Å²) in [4.78, 5) is 2.03. The highest BCUT2D eigenvalue weighted by Crippen LogP contribution is 2.38. The van der Waals surface area contributed by atoms with E-state index in [1.165, 1.54) is 0 Å². The van der Waals surface area contributed by atoms with E-state index in [9.17, 15) is 10.2 Å². The third kappa shape index (κ3) is 1.29. The molecule has 1 aliphatic rings. The van der Waals surface area contributed by atoms with E-state index in [0.717, 1.165) is 11.1 Å².